The van der Waals surface area contributed by atoms with Crippen LogP contribution >= 0.6 is 0 Å². The maximum atomic E-state index is 11.6. The van der Waals surface area contributed by atoms with Gasteiger partial charge in [-0.15, -0.1) is 0 Å². The summed E-state index contributed by atoms with van der Waals surface area (Å²) in [6.45, 7) is 3.77. The van der Waals surface area contributed by atoms with Crippen molar-refractivity contribution in [3.05, 3.63) is 29.3 Å². The molecule has 1 saturated heterocycles. The van der Waals surface area contributed by atoms with E-state index in [0.29, 0.717) is 23.5 Å². The average molecular weight is 491 g/mol. The molecule has 1 aromatic rings. The van der Waals surface area contributed by atoms with Crippen LogP contribution in [0.2, 0.25) is 0 Å². The minimum absolute atomic E-state index is 0.00598. The summed E-state index contributed by atoms with van der Waals surface area (Å²) in [5.41, 5.74) is 2.46. The molecule has 9 nitrogen and oxygen atoms in total. The number of aryl methyl sites for hydroxylation is 1. The van der Waals surface area contributed by atoms with Gasteiger partial charge in [0, 0.05) is 12.3 Å². The summed E-state index contributed by atoms with van der Waals surface area (Å²) in [6, 6.07) is 5.73. The van der Waals surface area contributed by atoms with Crippen molar-refractivity contribution in [3.63, 3.8) is 0 Å². The highest BCUT2D eigenvalue weighted by Gasteiger charge is 2.56. The van der Waals surface area contributed by atoms with Crippen LogP contribution in [0.15, 0.2) is 18.2 Å². The SMILES string of the molecule is CC(=O)OC1CCC2C3CCc4cc(OC5OC(C(=O)O)C(O)C(O)C5O)ccc4C3CCC12C. The average Bonchev–Trinajstić information content (AvgIpc) is 3.14. The Morgan fingerprint density at radius 1 is 1.06 bits per heavy atom. The summed E-state index contributed by atoms with van der Waals surface area (Å²) in [5.74, 6) is 0.235. The quantitative estimate of drug-likeness (QED) is 0.464. The predicted octanol–water partition coefficient (Wildman–Crippen LogP) is 1.75. The second-order valence-corrected chi connectivity index (χ2v) is 10.8. The lowest BCUT2D eigenvalue weighted by molar-refractivity contribution is -0.271. The lowest BCUT2D eigenvalue weighted by atomic mass is 9.55. The van der Waals surface area contributed by atoms with Gasteiger partial charge < -0.3 is 34.6 Å². The summed E-state index contributed by atoms with van der Waals surface area (Å²) in [7, 11) is 0. The van der Waals surface area contributed by atoms with Crippen molar-refractivity contribution in [2.24, 2.45) is 17.3 Å². The molecular weight excluding hydrogens is 456 g/mol. The van der Waals surface area contributed by atoms with E-state index < -0.39 is 36.7 Å². The molecule has 0 radical (unpaired) electrons. The number of carboxylic acid groups (broad SMARTS) is 1. The molecule has 0 amide bonds. The Balaban J connectivity index is 1.32. The maximum absolute atomic E-state index is 11.6. The molecule has 0 bridgehead atoms. The molecule has 10 atom stereocenters. The fourth-order valence-corrected chi connectivity index (χ4v) is 7.26. The first-order valence-electron chi connectivity index (χ1n) is 12.5. The summed E-state index contributed by atoms with van der Waals surface area (Å²) in [6.07, 6.45) is -2.25. The third-order valence-electron chi connectivity index (χ3n) is 8.98. The van der Waals surface area contributed by atoms with Gasteiger partial charge in [0.25, 0.3) is 0 Å². The zero-order valence-corrected chi connectivity index (χ0v) is 20.0. The topological polar surface area (TPSA) is 143 Å². The van der Waals surface area contributed by atoms with Gasteiger partial charge in [0.1, 0.15) is 30.2 Å². The number of hydrogen-bond donors (Lipinski definition) is 4. The second kappa shape index (κ2) is 9.03. The van der Waals surface area contributed by atoms with Crippen LogP contribution < -0.4 is 4.74 Å². The molecule has 192 valence electrons. The van der Waals surface area contributed by atoms with Gasteiger partial charge in [-0.25, -0.2) is 4.79 Å². The van der Waals surface area contributed by atoms with E-state index in [0.717, 1.165) is 44.1 Å². The van der Waals surface area contributed by atoms with E-state index in [1.165, 1.54) is 12.5 Å². The molecule has 10 unspecified atom stereocenters. The lowest BCUT2D eigenvalue weighted by Gasteiger charge is -2.50. The van der Waals surface area contributed by atoms with Crippen LogP contribution in [0.1, 0.15) is 63.0 Å². The number of esters is 1. The molecule has 4 aliphatic rings. The van der Waals surface area contributed by atoms with Crippen LogP contribution in [0.4, 0.5) is 0 Å². The van der Waals surface area contributed by atoms with Crippen molar-refractivity contribution in [1.29, 1.82) is 0 Å². The highest BCUT2D eigenvalue weighted by molar-refractivity contribution is 5.73. The van der Waals surface area contributed by atoms with E-state index in [4.69, 9.17) is 14.2 Å². The lowest BCUT2D eigenvalue weighted by Crippen LogP contribution is -2.61. The molecule has 0 aromatic heterocycles. The zero-order chi connectivity index (χ0) is 25.1. The molecule has 4 N–H and O–H groups in total. The fourth-order valence-electron chi connectivity index (χ4n) is 7.26. The molecule has 2 saturated carbocycles. The molecule has 0 spiro atoms. The normalized spacial score (nSPS) is 42.4. The van der Waals surface area contributed by atoms with Gasteiger partial charge in [0.2, 0.25) is 6.29 Å². The minimum Gasteiger partial charge on any atom is -0.479 e. The van der Waals surface area contributed by atoms with Crippen LogP contribution in [0.5, 0.6) is 5.75 Å². The van der Waals surface area contributed by atoms with Crippen LogP contribution in [0.25, 0.3) is 0 Å². The van der Waals surface area contributed by atoms with Crippen molar-refractivity contribution in [3.8, 4) is 5.75 Å². The largest absolute Gasteiger partial charge is 0.479 e. The highest BCUT2D eigenvalue weighted by Crippen LogP contribution is 2.61. The van der Waals surface area contributed by atoms with E-state index in [1.807, 2.05) is 12.1 Å². The fraction of sp³-hybridized carbons (Fsp3) is 0.692. The number of benzene rings is 1. The molecule has 35 heavy (non-hydrogen) atoms. The van der Waals surface area contributed by atoms with Crippen LogP contribution in [-0.4, -0.2) is 69.2 Å². The molecule has 3 aliphatic carbocycles. The number of carbonyl (C=O) groups is 2. The summed E-state index contributed by atoms with van der Waals surface area (Å²) in [5, 5.41) is 39.4. The maximum Gasteiger partial charge on any atom is 0.335 e. The molecule has 1 aromatic carbocycles. The molecule has 3 fully saturated rings. The van der Waals surface area contributed by atoms with Crippen molar-refractivity contribution in [1.82, 2.24) is 0 Å². The number of carboxylic acids is 1. The van der Waals surface area contributed by atoms with Crippen molar-refractivity contribution >= 4 is 11.9 Å². The second-order valence-electron chi connectivity index (χ2n) is 10.8. The smallest absolute Gasteiger partial charge is 0.335 e. The zero-order valence-electron chi connectivity index (χ0n) is 20.0. The van der Waals surface area contributed by atoms with Crippen LogP contribution in [-0.2, 0) is 25.5 Å². The van der Waals surface area contributed by atoms with Gasteiger partial charge in [-0.2, -0.15) is 0 Å². The number of aliphatic hydroxyl groups excluding tert-OH is 3. The number of ether oxygens (including phenoxy) is 3. The number of rotatable bonds is 4. The van der Waals surface area contributed by atoms with E-state index in [9.17, 15) is 30.0 Å². The number of fused-ring (bicyclic) bond motifs is 5. The summed E-state index contributed by atoms with van der Waals surface area (Å²) in [4.78, 5) is 23.0. The first kappa shape index (κ1) is 24.5. The van der Waals surface area contributed by atoms with Crippen molar-refractivity contribution < 1.29 is 44.2 Å². The van der Waals surface area contributed by atoms with Gasteiger partial charge in [0.15, 0.2) is 6.10 Å². The molecule has 9 heteroatoms. The van der Waals surface area contributed by atoms with Gasteiger partial charge >= 0.3 is 11.9 Å². The molecule has 1 aliphatic heterocycles. The Bertz CT molecular complexity index is 995. The summed E-state index contributed by atoms with van der Waals surface area (Å²) >= 11 is 0. The first-order chi connectivity index (χ1) is 16.6. The van der Waals surface area contributed by atoms with Crippen molar-refractivity contribution in [2.75, 3.05) is 0 Å². The number of carbonyl (C=O) groups excluding carboxylic acids is 1. The Kier molecular flexibility index (Phi) is 6.32. The van der Waals surface area contributed by atoms with Crippen LogP contribution in [0, 0.1) is 17.3 Å². The van der Waals surface area contributed by atoms with Crippen molar-refractivity contribution in [2.45, 2.75) is 95.1 Å². The Hall–Kier alpha value is -2.20. The van der Waals surface area contributed by atoms with Gasteiger partial charge in [-0.3, -0.25) is 4.79 Å². The first-order valence-corrected chi connectivity index (χ1v) is 12.5. The molecular formula is C26H34O9. The third kappa shape index (κ3) is 4.12. The number of hydrogen-bond acceptors (Lipinski definition) is 8. The predicted molar refractivity (Wildman–Crippen MR) is 122 cm³/mol. The van der Waals surface area contributed by atoms with Gasteiger partial charge in [-0.1, -0.05) is 13.0 Å². The van der Waals surface area contributed by atoms with E-state index >= 15 is 0 Å². The Labute approximate surface area is 204 Å². The third-order valence-corrected chi connectivity index (χ3v) is 8.98. The Morgan fingerprint density at radius 2 is 1.83 bits per heavy atom. The molecule has 1 heterocycles. The van der Waals surface area contributed by atoms with E-state index in [1.54, 1.807) is 6.07 Å². The monoisotopic (exact) mass is 490 g/mol. The Morgan fingerprint density at radius 3 is 2.54 bits per heavy atom. The van der Waals surface area contributed by atoms with Gasteiger partial charge in [0.05, 0.1) is 0 Å². The number of aliphatic carboxylic acids is 1. The minimum atomic E-state index is -1.75. The van der Waals surface area contributed by atoms with Gasteiger partial charge in [-0.05, 0) is 79.5 Å². The molecule has 5 rings (SSSR count). The highest BCUT2D eigenvalue weighted by atomic mass is 16.7. The van der Waals surface area contributed by atoms with E-state index in [-0.39, 0.29) is 17.5 Å². The standard InChI is InChI=1S/C26H34O9/c1-12(27)33-19-8-7-18-17-5-3-13-11-14(4-6-15(13)16(17)9-10-26(18,19)2)34-25-22(30)20(28)21(29)23(35-25)24(31)32/h4,6,11,16-23,25,28-30H,3,5,7-10H2,1-2H3,(H,31,32). The van der Waals surface area contributed by atoms with E-state index in [2.05, 4.69) is 6.92 Å². The van der Waals surface area contributed by atoms with Crippen LogP contribution in [0.3, 0.4) is 0 Å². The summed E-state index contributed by atoms with van der Waals surface area (Å²) < 4.78 is 16.7. The number of aliphatic hydroxyl groups is 3.